The van der Waals surface area contributed by atoms with E-state index in [0.717, 1.165) is 57.1 Å². The summed E-state index contributed by atoms with van der Waals surface area (Å²) in [5, 5.41) is 0. The molecule has 2 N–H and O–H groups in total. The van der Waals surface area contributed by atoms with E-state index in [-0.39, 0.29) is 0 Å². The molecule has 0 amide bonds. The van der Waals surface area contributed by atoms with E-state index in [0.29, 0.717) is 0 Å². The van der Waals surface area contributed by atoms with E-state index < -0.39 is 0 Å². The number of allylic oxidation sites excluding steroid dienone is 2. The summed E-state index contributed by atoms with van der Waals surface area (Å²) < 4.78 is 0. The molecule has 3 aliphatic rings. The van der Waals surface area contributed by atoms with Gasteiger partial charge in [0.1, 0.15) is 0 Å². The van der Waals surface area contributed by atoms with Crippen molar-refractivity contribution in [1.29, 1.82) is 0 Å². The normalized spacial score (nSPS) is 14.6. The molecule has 0 unspecified atom stereocenters. The van der Waals surface area contributed by atoms with E-state index in [9.17, 15) is 0 Å². The summed E-state index contributed by atoms with van der Waals surface area (Å²) in [4.78, 5) is 18.7. The van der Waals surface area contributed by atoms with Gasteiger partial charge < -0.3 is 14.9 Å². The highest BCUT2D eigenvalue weighted by molar-refractivity contribution is 5.85. The van der Waals surface area contributed by atoms with Crippen LogP contribution in [0.3, 0.4) is 0 Å². The van der Waals surface area contributed by atoms with Crippen LogP contribution in [0.2, 0.25) is 0 Å². The van der Waals surface area contributed by atoms with Gasteiger partial charge in [-0.05, 0) is 72.8 Å². The second-order valence-electron chi connectivity index (χ2n) is 7.48. The molecule has 0 radical (unpaired) electrons. The molecule has 30 heavy (non-hydrogen) atoms. The molecule has 0 aliphatic carbocycles. The van der Waals surface area contributed by atoms with Gasteiger partial charge in [0.15, 0.2) is 0 Å². The van der Waals surface area contributed by atoms with Gasteiger partial charge in [0.05, 0.1) is 34.0 Å². The highest BCUT2D eigenvalue weighted by Gasteiger charge is 2.10. The lowest BCUT2D eigenvalue weighted by Crippen LogP contribution is -2.16. The Labute approximate surface area is 173 Å². The molecule has 3 aliphatic heterocycles. The van der Waals surface area contributed by atoms with Crippen LogP contribution < -0.4 is 4.90 Å². The fourth-order valence-corrected chi connectivity index (χ4v) is 3.89. The Balaban J connectivity index is 1.64. The topological polar surface area (TPSA) is 60.6 Å². The molecule has 0 atom stereocenters. The van der Waals surface area contributed by atoms with Gasteiger partial charge in [0.2, 0.25) is 0 Å². The molecule has 0 saturated heterocycles. The largest absolute Gasteiger partial charge is 0.355 e. The van der Waals surface area contributed by atoms with E-state index in [2.05, 4.69) is 80.7 Å². The number of aromatic nitrogens is 4. The lowest BCUT2D eigenvalue weighted by molar-refractivity contribution is 1.08. The minimum absolute atomic E-state index is 0.842. The molecule has 0 saturated carbocycles. The number of rotatable bonds is 1. The van der Waals surface area contributed by atoms with Gasteiger partial charge in [-0.2, -0.15) is 0 Å². The van der Waals surface area contributed by atoms with Crippen LogP contribution in [0.4, 0.5) is 5.69 Å². The molecule has 6 rings (SSSR count). The molecular formula is C25H19N5. The first-order chi connectivity index (χ1) is 14.8. The van der Waals surface area contributed by atoms with Gasteiger partial charge in [0, 0.05) is 29.3 Å². The molecule has 5 heteroatoms. The summed E-state index contributed by atoms with van der Waals surface area (Å²) in [6, 6.07) is 14.6. The number of H-pyrrole nitrogens is 2. The maximum atomic E-state index is 4.76. The van der Waals surface area contributed by atoms with E-state index in [1.807, 2.05) is 30.4 Å². The summed E-state index contributed by atoms with van der Waals surface area (Å²) in [7, 11) is 0. The highest BCUT2D eigenvalue weighted by atomic mass is 15.1. The standard InChI is InChI=1S/C25H19N5/c1-2-10-30(11-3-1)25-16-23-14-21-7-6-19(27-21)12-17-4-5-18(26-17)13-20-8-9-22(28-20)15-24(25)29-23/h1-10,12-16,27,29H,11H2. The zero-order chi connectivity index (χ0) is 19.9. The highest BCUT2D eigenvalue weighted by Crippen LogP contribution is 2.26. The maximum Gasteiger partial charge on any atom is 0.0669 e. The maximum absolute atomic E-state index is 4.76. The van der Waals surface area contributed by atoms with Crippen LogP contribution in [-0.2, 0) is 0 Å². The quantitative estimate of drug-likeness (QED) is 0.395. The second-order valence-corrected chi connectivity index (χ2v) is 7.48. The Kier molecular flexibility index (Phi) is 3.77. The Morgan fingerprint density at radius 3 is 2.10 bits per heavy atom. The van der Waals surface area contributed by atoms with Crippen molar-refractivity contribution < 1.29 is 0 Å². The van der Waals surface area contributed by atoms with Gasteiger partial charge in [-0.25, -0.2) is 9.97 Å². The van der Waals surface area contributed by atoms with Crippen molar-refractivity contribution in [1.82, 2.24) is 19.9 Å². The summed E-state index contributed by atoms with van der Waals surface area (Å²) in [6.07, 6.45) is 16.5. The van der Waals surface area contributed by atoms with Gasteiger partial charge in [0.25, 0.3) is 0 Å². The van der Waals surface area contributed by atoms with Crippen LogP contribution >= 0.6 is 0 Å². The first-order valence-corrected chi connectivity index (χ1v) is 9.97. The van der Waals surface area contributed by atoms with Crippen molar-refractivity contribution in [2.45, 2.75) is 0 Å². The zero-order valence-corrected chi connectivity index (χ0v) is 16.2. The lowest BCUT2D eigenvalue weighted by atomic mass is 10.2. The Bertz CT molecular complexity index is 1430. The minimum atomic E-state index is 0.842. The summed E-state index contributed by atoms with van der Waals surface area (Å²) >= 11 is 0. The van der Waals surface area contributed by atoms with Crippen LogP contribution in [0.25, 0.3) is 46.4 Å². The average molecular weight is 389 g/mol. The number of hydrogen-bond acceptors (Lipinski definition) is 3. The van der Waals surface area contributed by atoms with E-state index >= 15 is 0 Å². The third-order valence-electron chi connectivity index (χ3n) is 5.27. The number of anilines is 1. The number of aromatic amines is 2. The molecular weight excluding hydrogens is 370 g/mol. The van der Waals surface area contributed by atoms with Gasteiger partial charge in [-0.15, -0.1) is 0 Å². The molecule has 0 spiro atoms. The third kappa shape index (κ3) is 3.16. The van der Waals surface area contributed by atoms with Crippen molar-refractivity contribution in [2.24, 2.45) is 0 Å². The Hall–Kier alpha value is -4.12. The summed E-state index contributed by atoms with van der Waals surface area (Å²) in [6.45, 7) is 0.842. The third-order valence-corrected chi connectivity index (χ3v) is 5.27. The molecule has 6 heterocycles. The van der Waals surface area contributed by atoms with Crippen LogP contribution in [0.1, 0.15) is 22.8 Å². The van der Waals surface area contributed by atoms with Crippen LogP contribution in [-0.4, -0.2) is 26.5 Å². The lowest BCUT2D eigenvalue weighted by Gasteiger charge is -2.19. The summed E-state index contributed by atoms with van der Waals surface area (Å²) in [5.41, 5.74) is 8.90. The number of hydrogen-bond donors (Lipinski definition) is 2. The first kappa shape index (κ1) is 16.8. The molecule has 5 nitrogen and oxygen atoms in total. The Morgan fingerprint density at radius 1 is 0.667 bits per heavy atom. The summed E-state index contributed by atoms with van der Waals surface area (Å²) in [5.74, 6) is 0. The smallest absolute Gasteiger partial charge is 0.0669 e. The fraction of sp³-hybridized carbons (Fsp3) is 0.0400. The number of nitrogens with zero attached hydrogens (tertiary/aromatic N) is 3. The predicted molar refractivity (Wildman–Crippen MR) is 124 cm³/mol. The van der Waals surface area contributed by atoms with Crippen molar-refractivity contribution in [2.75, 3.05) is 11.4 Å². The minimum Gasteiger partial charge on any atom is -0.355 e. The number of fused-ring (bicyclic) bond motifs is 8. The molecule has 3 aromatic rings. The van der Waals surface area contributed by atoms with E-state index in [1.54, 1.807) is 0 Å². The van der Waals surface area contributed by atoms with E-state index in [1.165, 1.54) is 0 Å². The zero-order valence-electron chi connectivity index (χ0n) is 16.2. The van der Waals surface area contributed by atoms with Crippen LogP contribution in [0.15, 0.2) is 66.9 Å². The van der Waals surface area contributed by atoms with Crippen LogP contribution in [0, 0.1) is 0 Å². The molecule has 0 fully saturated rings. The predicted octanol–water partition coefficient (Wildman–Crippen LogP) is 5.55. The van der Waals surface area contributed by atoms with Crippen molar-refractivity contribution in [3.05, 3.63) is 89.7 Å². The van der Waals surface area contributed by atoms with Gasteiger partial charge in [-0.3, -0.25) is 0 Å². The molecule has 0 aromatic carbocycles. The number of nitrogens with one attached hydrogen (secondary N) is 2. The van der Waals surface area contributed by atoms with E-state index in [4.69, 9.17) is 4.98 Å². The monoisotopic (exact) mass is 389 g/mol. The average Bonchev–Trinajstić information content (AvgIpc) is 3.53. The Morgan fingerprint density at radius 2 is 1.37 bits per heavy atom. The van der Waals surface area contributed by atoms with Crippen LogP contribution in [0.5, 0.6) is 0 Å². The first-order valence-electron chi connectivity index (χ1n) is 9.97. The van der Waals surface area contributed by atoms with Crippen molar-refractivity contribution in [3.63, 3.8) is 0 Å². The van der Waals surface area contributed by atoms with Gasteiger partial charge >= 0.3 is 0 Å². The van der Waals surface area contributed by atoms with Crippen molar-refractivity contribution >= 4 is 52.1 Å². The van der Waals surface area contributed by atoms with Gasteiger partial charge in [-0.1, -0.05) is 12.2 Å². The molecule has 144 valence electrons. The fourth-order valence-electron chi connectivity index (χ4n) is 3.89. The SMILES string of the molecule is C1=CCN(c2cc3cc4ccc(cc5nc(cc6nc(cc2[nH]3)C=C6)C=C5)[nH]4)C=C1. The second kappa shape index (κ2) is 6.74. The van der Waals surface area contributed by atoms with Crippen molar-refractivity contribution in [3.8, 4) is 0 Å². The molecule has 8 bridgehead atoms. The molecule has 3 aromatic heterocycles.